The van der Waals surface area contributed by atoms with E-state index in [-0.39, 0.29) is 5.41 Å². The van der Waals surface area contributed by atoms with E-state index in [9.17, 15) is 0 Å². The normalized spacial score (nSPS) is 17.6. The van der Waals surface area contributed by atoms with Crippen LogP contribution in [0.15, 0.2) is 29.3 Å². The number of fused-ring (bicyclic) bond motifs is 1. The third-order valence-corrected chi connectivity index (χ3v) is 3.12. The van der Waals surface area contributed by atoms with Crippen molar-refractivity contribution in [2.45, 2.75) is 39.7 Å². The fourth-order valence-electron chi connectivity index (χ4n) is 2.02. The van der Waals surface area contributed by atoms with Gasteiger partial charge in [-0.15, -0.1) is 0 Å². The molecule has 1 aromatic carbocycles. The number of amidine groups is 1. The van der Waals surface area contributed by atoms with E-state index in [1.54, 1.807) is 0 Å². The molecule has 0 unspecified atom stereocenters. The number of benzene rings is 1. The SMILES string of the molecule is CC(C)(C)C(N)=NC1Cc2ccccc2C1. The first-order chi connectivity index (χ1) is 7.47. The fourth-order valence-corrected chi connectivity index (χ4v) is 2.02. The molecule has 2 nitrogen and oxygen atoms in total. The van der Waals surface area contributed by atoms with Gasteiger partial charge in [-0.3, -0.25) is 4.99 Å². The van der Waals surface area contributed by atoms with Crippen molar-refractivity contribution in [2.24, 2.45) is 16.1 Å². The summed E-state index contributed by atoms with van der Waals surface area (Å²) in [5.41, 5.74) is 8.85. The van der Waals surface area contributed by atoms with Crippen molar-refractivity contribution in [3.05, 3.63) is 35.4 Å². The molecule has 1 aliphatic rings. The van der Waals surface area contributed by atoms with Crippen LogP contribution < -0.4 is 5.73 Å². The van der Waals surface area contributed by atoms with E-state index < -0.39 is 0 Å². The molecule has 0 saturated heterocycles. The Hall–Kier alpha value is -1.31. The lowest BCUT2D eigenvalue weighted by Crippen LogP contribution is -2.30. The van der Waals surface area contributed by atoms with Crippen LogP contribution in [0.1, 0.15) is 31.9 Å². The summed E-state index contributed by atoms with van der Waals surface area (Å²) in [5, 5.41) is 0. The highest BCUT2D eigenvalue weighted by Crippen LogP contribution is 2.25. The van der Waals surface area contributed by atoms with E-state index in [1.165, 1.54) is 11.1 Å². The van der Waals surface area contributed by atoms with Crippen LogP contribution in [-0.2, 0) is 12.8 Å². The Morgan fingerprint density at radius 1 is 1.19 bits per heavy atom. The highest BCUT2D eigenvalue weighted by atomic mass is 14.9. The molecule has 0 bridgehead atoms. The first-order valence-electron chi connectivity index (χ1n) is 5.87. The molecule has 0 amide bonds. The standard InChI is InChI=1S/C14H20N2/c1-14(2,3)13(15)16-12-8-10-6-4-5-7-11(10)9-12/h4-7,12H,8-9H2,1-3H3,(H2,15,16). The number of aliphatic imine (C=N–C) groups is 1. The largest absolute Gasteiger partial charge is 0.387 e. The quantitative estimate of drug-likeness (QED) is 0.568. The molecular weight excluding hydrogens is 196 g/mol. The average Bonchev–Trinajstić information content (AvgIpc) is 2.58. The van der Waals surface area contributed by atoms with Crippen LogP contribution in [0.25, 0.3) is 0 Å². The highest BCUT2D eigenvalue weighted by molar-refractivity contribution is 5.85. The van der Waals surface area contributed by atoms with E-state index in [0.29, 0.717) is 6.04 Å². The van der Waals surface area contributed by atoms with E-state index in [0.717, 1.165) is 18.7 Å². The average molecular weight is 216 g/mol. The minimum absolute atomic E-state index is 0.0191. The van der Waals surface area contributed by atoms with Crippen molar-refractivity contribution in [3.63, 3.8) is 0 Å². The first kappa shape index (κ1) is 11.2. The summed E-state index contributed by atoms with van der Waals surface area (Å²) in [4.78, 5) is 4.66. The highest BCUT2D eigenvalue weighted by Gasteiger charge is 2.23. The molecule has 0 fully saturated rings. The van der Waals surface area contributed by atoms with Gasteiger partial charge in [0.15, 0.2) is 0 Å². The summed E-state index contributed by atoms with van der Waals surface area (Å²) in [6.45, 7) is 6.32. The maximum absolute atomic E-state index is 6.02. The predicted molar refractivity (Wildman–Crippen MR) is 68.7 cm³/mol. The van der Waals surface area contributed by atoms with Crippen LogP contribution in [-0.4, -0.2) is 11.9 Å². The van der Waals surface area contributed by atoms with Crippen LogP contribution in [0.5, 0.6) is 0 Å². The Bertz CT molecular complexity index is 388. The zero-order valence-corrected chi connectivity index (χ0v) is 10.3. The van der Waals surface area contributed by atoms with Gasteiger partial charge in [-0.1, -0.05) is 45.0 Å². The van der Waals surface area contributed by atoms with E-state index >= 15 is 0 Å². The van der Waals surface area contributed by atoms with Gasteiger partial charge in [0.05, 0.1) is 11.9 Å². The van der Waals surface area contributed by atoms with Crippen molar-refractivity contribution in [3.8, 4) is 0 Å². The Labute approximate surface area is 97.6 Å². The molecule has 0 spiro atoms. The van der Waals surface area contributed by atoms with Gasteiger partial charge >= 0.3 is 0 Å². The van der Waals surface area contributed by atoms with Crippen molar-refractivity contribution in [1.29, 1.82) is 0 Å². The fraction of sp³-hybridized carbons (Fsp3) is 0.500. The number of nitrogens with two attached hydrogens (primary N) is 1. The summed E-state index contributed by atoms with van der Waals surface area (Å²) >= 11 is 0. The molecule has 16 heavy (non-hydrogen) atoms. The van der Waals surface area contributed by atoms with Crippen molar-refractivity contribution in [1.82, 2.24) is 0 Å². The lowest BCUT2D eigenvalue weighted by Gasteiger charge is -2.19. The second-order valence-electron chi connectivity index (χ2n) is 5.60. The smallest absolute Gasteiger partial charge is 0.0995 e. The maximum atomic E-state index is 6.02. The predicted octanol–water partition coefficient (Wildman–Crippen LogP) is 2.56. The minimum atomic E-state index is -0.0191. The van der Waals surface area contributed by atoms with Crippen molar-refractivity contribution in [2.75, 3.05) is 0 Å². The molecule has 86 valence electrons. The van der Waals surface area contributed by atoms with Gasteiger partial charge < -0.3 is 5.73 Å². The third kappa shape index (κ3) is 2.26. The van der Waals surface area contributed by atoms with Gasteiger partial charge in [-0.05, 0) is 24.0 Å². The van der Waals surface area contributed by atoms with Crippen LogP contribution >= 0.6 is 0 Å². The lowest BCUT2D eigenvalue weighted by molar-refractivity contribution is 0.571. The molecule has 0 saturated carbocycles. The van der Waals surface area contributed by atoms with Crippen LogP contribution in [0.4, 0.5) is 0 Å². The summed E-state index contributed by atoms with van der Waals surface area (Å²) < 4.78 is 0. The van der Waals surface area contributed by atoms with E-state index in [4.69, 9.17) is 5.73 Å². The number of rotatable bonds is 1. The van der Waals surface area contributed by atoms with Gasteiger partial charge in [0, 0.05) is 5.41 Å². The van der Waals surface area contributed by atoms with Crippen LogP contribution in [0.3, 0.4) is 0 Å². The molecule has 2 N–H and O–H groups in total. The van der Waals surface area contributed by atoms with Crippen molar-refractivity contribution < 1.29 is 0 Å². The molecule has 2 rings (SSSR count). The van der Waals surface area contributed by atoms with Gasteiger partial charge in [-0.25, -0.2) is 0 Å². The summed E-state index contributed by atoms with van der Waals surface area (Å²) in [6.07, 6.45) is 2.07. The zero-order valence-electron chi connectivity index (χ0n) is 10.3. The molecule has 0 aliphatic heterocycles. The molecule has 0 radical (unpaired) electrons. The number of hydrogen-bond acceptors (Lipinski definition) is 1. The molecule has 0 heterocycles. The van der Waals surface area contributed by atoms with Crippen LogP contribution in [0.2, 0.25) is 0 Å². The number of hydrogen-bond donors (Lipinski definition) is 1. The Morgan fingerprint density at radius 3 is 2.12 bits per heavy atom. The minimum Gasteiger partial charge on any atom is -0.387 e. The molecule has 1 aromatic rings. The Balaban J connectivity index is 2.13. The summed E-state index contributed by atoms with van der Waals surface area (Å²) in [6, 6.07) is 8.92. The van der Waals surface area contributed by atoms with Gasteiger partial charge in [0.1, 0.15) is 0 Å². The van der Waals surface area contributed by atoms with Gasteiger partial charge in [0.2, 0.25) is 0 Å². The van der Waals surface area contributed by atoms with E-state index in [1.807, 2.05) is 0 Å². The Morgan fingerprint density at radius 2 is 1.69 bits per heavy atom. The zero-order chi connectivity index (χ0) is 11.8. The second kappa shape index (κ2) is 3.93. The second-order valence-corrected chi connectivity index (χ2v) is 5.60. The topological polar surface area (TPSA) is 38.4 Å². The molecule has 0 atom stereocenters. The molecular formula is C14H20N2. The summed E-state index contributed by atoms with van der Waals surface area (Å²) in [5.74, 6) is 0.769. The maximum Gasteiger partial charge on any atom is 0.0995 e. The Kier molecular flexibility index (Phi) is 2.75. The van der Waals surface area contributed by atoms with E-state index in [2.05, 4.69) is 50.0 Å². The third-order valence-electron chi connectivity index (χ3n) is 3.12. The van der Waals surface area contributed by atoms with Crippen LogP contribution in [0, 0.1) is 5.41 Å². The van der Waals surface area contributed by atoms with Crippen molar-refractivity contribution >= 4 is 5.84 Å². The number of nitrogens with zero attached hydrogens (tertiary/aromatic N) is 1. The lowest BCUT2D eigenvalue weighted by atomic mass is 9.95. The molecule has 2 heteroatoms. The first-order valence-corrected chi connectivity index (χ1v) is 5.87. The van der Waals surface area contributed by atoms with Gasteiger partial charge in [-0.2, -0.15) is 0 Å². The summed E-state index contributed by atoms with van der Waals surface area (Å²) in [7, 11) is 0. The molecule has 1 aliphatic carbocycles. The van der Waals surface area contributed by atoms with Gasteiger partial charge in [0.25, 0.3) is 0 Å². The molecule has 0 aromatic heterocycles. The monoisotopic (exact) mass is 216 g/mol.